The fourth-order valence-corrected chi connectivity index (χ4v) is 1.35. The maximum absolute atomic E-state index is 10.8. The molecular weight excluding hydrogens is 200 g/mol. The van der Waals surface area contributed by atoms with Gasteiger partial charge in [0.25, 0.3) is 0 Å². The summed E-state index contributed by atoms with van der Waals surface area (Å²) in [5.41, 5.74) is 0.864. The lowest BCUT2D eigenvalue weighted by molar-refractivity contribution is -0.110. The quantitative estimate of drug-likeness (QED) is 0.772. The van der Waals surface area contributed by atoms with E-state index in [9.17, 15) is 4.79 Å². The molecule has 0 aliphatic heterocycles. The Morgan fingerprint density at radius 3 is 2.43 bits per heavy atom. The molecule has 76 valence electrons. The van der Waals surface area contributed by atoms with E-state index in [1.165, 1.54) is 0 Å². The second-order valence-electron chi connectivity index (χ2n) is 2.76. The number of ether oxygens (including phenoxy) is 2. The van der Waals surface area contributed by atoms with Gasteiger partial charge in [0.1, 0.15) is 0 Å². The van der Waals surface area contributed by atoms with E-state index in [2.05, 4.69) is 12.6 Å². The minimum Gasteiger partial charge on any atom is -0.493 e. The molecule has 0 bridgehead atoms. The summed E-state index contributed by atoms with van der Waals surface area (Å²) in [6, 6.07) is 5.35. The van der Waals surface area contributed by atoms with Gasteiger partial charge in [0.2, 0.25) is 0 Å². The number of methoxy groups -OCH3 is 2. The maximum atomic E-state index is 10.8. The fourth-order valence-electron chi connectivity index (χ4n) is 1.17. The summed E-state index contributed by atoms with van der Waals surface area (Å²) in [7, 11) is 3.13. The van der Waals surface area contributed by atoms with Crippen molar-refractivity contribution in [2.45, 2.75) is 6.42 Å². The lowest BCUT2D eigenvalue weighted by atomic mass is 10.1. The number of thiol groups is 1. The second-order valence-corrected chi connectivity index (χ2v) is 3.26. The third-order valence-electron chi connectivity index (χ3n) is 1.80. The Balaban J connectivity index is 2.95. The van der Waals surface area contributed by atoms with Crippen molar-refractivity contribution >= 4 is 17.7 Å². The van der Waals surface area contributed by atoms with Crippen LogP contribution in [-0.4, -0.2) is 19.3 Å². The molecule has 0 spiro atoms. The van der Waals surface area contributed by atoms with Crippen molar-refractivity contribution in [3.8, 4) is 11.5 Å². The molecule has 0 saturated carbocycles. The molecule has 0 fully saturated rings. The molecule has 0 N–H and O–H groups in total. The molecule has 0 amide bonds. The van der Waals surface area contributed by atoms with Gasteiger partial charge in [-0.1, -0.05) is 6.07 Å². The average molecular weight is 212 g/mol. The van der Waals surface area contributed by atoms with Crippen molar-refractivity contribution in [2.24, 2.45) is 0 Å². The molecule has 3 nitrogen and oxygen atoms in total. The maximum Gasteiger partial charge on any atom is 0.190 e. The van der Waals surface area contributed by atoms with E-state index in [0.717, 1.165) is 5.56 Å². The largest absolute Gasteiger partial charge is 0.493 e. The van der Waals surface area contributed by atoms with E-state index >= 15 is 0 Å². The van der Waals surface area contributed by atoms with Crippen molar-refractivity contribution in [3.05, 3.63) is 23.8 Å². The second kappa shape index (κ2) is 4.91. The Hall–Kier alpha value is -1.16. The number of benzene rings is 1. The summed E-state index contributed by atoms with van der Waals surface area (Å²) < 4.78 is 10.2. The average Bonchev–Trinajstić information content (AvgIpc) is 2.16. The van der Waals surface area contributed by atoms with Crippen LogP contribution in [0.1, 0.15) is 5.56 Å². The highest BCUT2D eigenvalue weighted by Gasteiger charge is 2.05. The lowest BCUT2D eigenvalue weighted by Gasteiger charge is -2.08. The van der Waals surface area contributed by atoms with Gasteiger partial charge >= 0.3 is 0 Å². The third-order valence-corrected chi connectivity index (χ3v) is 1.96. The molecule has 0 aliphatic carbocycles. The SMILES string of the molecule is COc1ccc(CC(=O)S)cc1OC. The van der Waals surface area contributed by atoms with Crippen LogP contribution < -0.4 is 9.47 Å². The van der Waals surface area contributed by atoms with Crippen molar-refractivity contribution in [1.29, 1.82) is 0 Å². The molecule has 1 aromatic rings. The number of carbonyl (C=O) groups excluding carboxylic acids is 1. The van der Waals surface area contributed by atoms with Gasteiger partial charge < -0.3 is 9.47 Å². The molecule has 0 aliphatic rings. The molecule has 1 aromatic carbocycles. The van der Waals surface area contributed by atoms with Gasteiger partial charge in [-0.15, -0.1) is 12.6 Å². The first kappa shape index (κ1) is 10.9. The number of rotatable bonds is 4. The lowest BCUT2D eigenvalue weighted by Crippen LogP contribution is -1.96. The molecule has 4 heteroatoms. The topological polar surface area (TPSA) is 35.5 Å². The first-order valence-electron chi connectivity index (χ1n) is 4.10. The van der Waals surface area contributed by atoms with Crippen molar-refractivity contribution in [1.82, 2.24) is 0 Å². The molecule has 0 atom stereocenters. The van der Waals surface area contributed by atoms with E-state index in [0.29, 0.717) is 17.9 Å². The van der Waals surface area contributed by atoms with Crippen LogP contribution >= 0.6 is 12.6 Å². The summed E-state index contributed by atoms with van der Waals surface area (Å²) in [5.74, 6) is 1.28. The standard InChI is InChI=1S/C10H12O3S/c1-12-8-4-3-7(6-10(11)14)5-9(8)13-2/h3-5H,6H2,1-2H3,(H,11,14). The summed E-state index contributed by atoms with van der Waals surface area (Å²) in [6.45, 7) is 0. The van der Waals surface area contributed by atoms with Gasteiger partial charge in [0.15, 0.2) is 16.6 Å². The highest BCUT2D eigenvalue weighted by Crippen LogP contribution is 2.27. The molecular formula is C10H12O3S. The Morgan fingerprint density at radius 2 is 1.93 bits per heavy atom. The highest BCUT2D eigenvalue weighted by molar-refractivity contribution is 7.96. The molecule has 0 heterocycles. The van der Waals surface area contributed by atoms with Gasteiger partial charge in [0, 0.05) is 6.42 Å². The van der Waals surface area contributed by atoms with Crippen LogP contribution in [0.3, 0.4) is 0 Å². The Labute approximate surface area is 88.4 Å². The van der Waals surface area contributed by atoms with Crippen LogP contribution in [0.15, 0.2) is 18.2 Å². The fraction of sp³-hybridized carbons (Fsp3) is 0.300. The van der Waals surface area contributed by atoms with Crippen LogP contribution in [0.4, 0.5) is 0 Å². The van der Waals surface area contributed by atoms with Gasteiger partial charge in [-0.3, -0.25) is 4.79 Å². The van der Waals surface area contributed by atoms with Crippen molar-refractivity contribution in [2.75, 3.05) is 14.2 Å². The smallest absolute Gasteiger partial charge is 0.190 e. The molecule has 0 radical (unpaired) electrons. The number of hydrogen-bond acceptors (Lipinski definition) is 3. The third kappa shape index (κ3) is 2.67. The molecule has 14 heavy (non-hydrogen) atoms. The summed E-state index contributed by atoms with van der Waals surface area (Å²) in [4.78, 5) is 10.8. The molecule has 0 unspecified atom stereocenters. The highest BCUT2D eigenvalue weighted by atomic mass is 32.1. The summed E-state index contributed by atoms with van der Waals surface area (Å²) in [5, 5.41) is -0.169. The van der Waals surface area contributed by atoms with Crippen LogP contribution in [0.2, 0.25) is 0 Å². The first-order chi connectivity index (χ1) is 6.67. The minimum atomic E-state index is -0.169. The zero-order valence-corrected chi connectivity index (χ0v) is 9.01. The van der Waals surface area contributed by atoms with Gasteiger partial charge in [0.05, 0.1) is 14.2 Å². The molecule has 0 saturated heterocycles. The first-order valence-corrected chi connectivity index (χ1v) is 4.54. The number of carbonyl (C=O) groups is 1. The zero-order chi connectivity index (χ0) is 10.6. The Morgan fingerprint density at radius 1 is 1.29 bits per heavy atom. The van der Waals surface area contributed by atoms with Crippen LogP contribution in [-0.2, 0) is 11.2 Å². The van der Waals surface area contributed by atoms with Gasteiger partial charge in [-0.25, -0.2) is 0 Å². The summed E-state index contributed by atoms with van der Waals surface area (Å²) >= 11 is 3.71. The summed E-state index contributed by atoms with van der Waals surface area (Å²) in [6.07, 6.45) is 0.295. The van der Waals surface area contributed by atoms with Gasteiger partial charge in [-0.05, 0) is 17.7 Å². The van der Waals surface area contributed by atoms with E-state index in [4.69, 9.17) is 9.47 Å². The van der Waals surface area contributed by atoms with E-state index in [-0.39, 0.29) is 5.12 Å². The molecule has 1 rings (SSSR count). The van der Waals surface area contributed by atoms with Crippen LogP contribution in [0, 0.1) is 0 Å². The zero-order valence-electron chi connectivity index (χ0n) is 8.11. The van der Waals surface area contributed by atoms with E-state index in [1.807, 2.05) is 6.07 Å². The van der Waals surface area contributed by atoms with Crippen molar-refractivity contribution in [3.63, 3.8) is 0 Å². The van der Waals surface area contributed by atoms with Crippen molar-refractivity contribution < 1.29 is 14.3 Å². The predicted molar refractivity (Wildman–Crippen MR) is 57.2 cm³/mol. The Kier molecular flexibility index (Phi) is 3.83. The van der Waals surface area contributed by atoms with Crippen LogP contribution in [0.5, 0.6) is 11.5 Å². The van der Waals surface area contributed by atoms with Crippen LogP contribution in [0.25, 0.3) is 0 Å². The van der Waals surface area contributed by atoms with Gasteiger partial charge in [-0.2, -0.15) is 0 Å². The van der Waals surface area contributed by atoms with E-state index in [1.54, 1.807) is 26.4 Å². The molecule has 0 aromatic heterocycles. The predicted octanol–water partition coefficient (Wildman–Crippen LogP) is 1.70. The monoisotopic (exact) mass is 212 g/mol. The normalized spacial score (nSPS) is 9.64. The number of hydrogen-bond donors (Lipinski definition) is 1. The Bertz CT molecular complexity index is 336. The van der Waals surface area contributed by atoms with E-state index < -0.39 is 0 Å². The minimum absolute atomic E-state index is 0.169.